The SMILES string of the molecule is O=C1CC(C(=O)N2CC(Oc3nccs3)C2)c2ccccc21. The molecule has 4 rings (SSSR count). The van der Waals surface area contributed by atoms with Crippen molar-refractivity contribution >= 4 is 23.0 Å². The second kappa shape index (κ2) is 5.21. The second-order valence-corrected chi connectivity index (χ2v) is 6.41. The van der Waals surface area contributed by atoms with Gasteiger partial charge in [0.2, 0.25) is 5.91 Å². The number of Topliss-reactive ketones (excluding diaryl/α,β-unsaturated/α-hetero) is 1. The smallest absolute Gasteiger partial charge is 0.273 e. The van der Waals surface area contributed by atoms with Gasteiger partial charge in [-0.25, -0.2) is 4.98 Å². The average Bonchev–Trinajstić information content (AvgIpc) is 3.11. The number of fused-ring (bicyclic) bond motifs is 1. The number of aromatic nitrogens is 1. The van der Waals surface area contributed by atoms with Crippen LogP contribution >= 0.6 is 11.3 Å². The molecule has 6 heteroatoms. The van der Waals surface area contributed by atoms with E-state index >= 15 is 0 Å². The van der Waals surface area contributed by atoms with Crippen LogP contribution in [0.15, 0.2) is 35.8 Å². The highest BCUT2D eigenvalue weighted by atomic mass is 32.1. The lowest BCUT2D eigenvalue weighted by Crippen LogP contribution is -2.57. The van der Waals surface area contributed by atoms with Crippen molar-refractivity contribution in [2.75, 3.05) is 13.1 Å². The molecule has 0 bridgehead atoms. The second-order valence-electron chi connectivity index (χ2n) is 5.55. The molecular weight excluding hydrogens is 300 g/mol. The summed E-state index contributed by atoms with van der Waals surface area (Å²) >= 11 is 1.44. The van der Waals surface area contributed by atoms with Crippen LogP contribution in [0, 0.1) is 0 Å². The van der Waals surface area contributed by atoms with Crippen LogP contribution in [0.3, 0.4) is 0 Å². The van der Waals surface area contributed by atoms with E-state index in [0.29, 0.717) is 23.8 Å². The molecule has 0 spiro atoms. The van der Waals surface area contributed by atoms with Gasteiger partial charge in [-0.1, -0.05) is 35.6 Å². The van der Waals surface area contributed by atoms with Crippen molar-refractivity contribution in [3.8, 4) is 5.19 Å². The molecule has 1 atom stereocenters. The molecule has 2 aliphatic rings. The number of carbonyl (C=O) groups excluding carboxylic acids is 2. The summed E-state index contributed by atoms with van der Waals surface area (Å²) in [5.74, 6) is -0.244. The van der Waals surface area contributed by atoms with E-state index < -0.39 is 0 Å². The van der Waals surface area contributed by atoms with Crippen molar-refractivity contribution in [2.24, 2.45) is 0 Å². The number of likely N-dealkylation sites (tertiary alicyclic amines) is 1. The minimum Gasteiger partial charge on any atom is -0.463 e. The van der Waals surface area contributed by atoms with Crippen molar-refractivity contribution in [1.82, 2.24) is 9.88 Å². The Morgan fingerprint density at radius 3 is 2.91 bits per heavy atom. The molecule has 2 heterocycles. The lowest BCUT2D eigenvalue weighted by molar-refractivity contribution is -0.141. The fourth-order valence-corrected chi connectivity index (χ4v) is 3.56. The normalized spacial score (nSPS) is 20.6. The maximum absolute atomic E-state index is 12.6. The van der Waals surface area contributed by atoms with Crippen molar-refractivity contribution in [3.63, 3.8) is 0 Å². The van der Waals surface area contributed by atoms with Crippen LogP contribution in [0.4, 0.5) is 0 Å². The number of amides is 1. The lowest BCUT2D eigenvalue weighted by Gasteiger charge is -2.39. The number of carbonyl (C=O) groups is 2. The summed E-state index contributed by atoms with van der Waals surface area (Å²) < 4.78 is 5.67. The Hall–Kier alpha value is -2.21. The van der Waals surface area contributed by atoms with Gasteiger partial charge >= 0.3 is 0 Å². The Bertz CT molecular complexity index is 723. The van der Waals surface area contributed by atoms with Crippen LogP contribution in [-0.2, 0) is 4.79 Å². The molecule has 112 valence electrons. The highest BCUT2D eigenvalue weighted by Gasteiger charge is 2.41. The zero-order valence-electron chi connectivity index (χ0n) is 11.8. The quantitative estimate of drug-likeness (QED) is 0.870. The number of nitrogens with zero attached hydrogens (tertiary/aromatic N) is 2. The van der Waals surface area contributed by atoms with Gasteiger partial charge in [0.15, 0.2) is 5.78 Å². The van der Waals surface area contributed by atoms with E-state index in [4.69, 9.17) is 4.74 Å². The summed E-state index contributed by atoms with van der Waals surface area (Å²) in [7, 11) is 0. The van der Waals surface area contributed by atoms with E-state index in [0.717, 1.165) is 5.56 Å². The number of hydrogen-bond donors (Lipinski definition) is 0. The van der Waals surface area contributed by atoms with Crippen LogP contribution in [0.2, 0.25) is 0 Å². The van der Waals surface area contributed by atoms with Crippen LogP contribution < -0.4 is 4.74 Å². The van der Waals surface area contributed by atoms with Gasteiger partial charge in [-0.15, -0.1) is 0 Å². The maximum Gasteiger partial charge on any atom is 0.273 e. The third kappa shape index (κ3) is 2.20. The van der Waals surface area contributed by atoms with Crippen LogP contribution in [0.25, 0.3) is 0 Å². The Morgan fingerprint density at radius 1 is 1.32 bits per heavy atom. The van der Waals surface area contributed by atoms with E-state index in [2.05, 4.69) is 4.98 Å². The number of benzene rings is 1. The fourth-order valence-electron chi connectivity index (χ4n) is 3.00. The first kappa shape index (κ1) is 13.5. The van der Waals surface area contributed by atoms with Crippen LogP contribution in [0.1, 0.15) is 28.3 Å². The van der Waals surface area contributed by atoms with Gasteiger partial charge in [-0.2, -0.15) is 0 Å². The van der Waals surface area contributed by atoms with E-state index in [1.165, 1.54) is 11.3 Å². The Kier molecular flexibility index (Phi) is 3.18. The minimum absolute atomic E-state index is 0.00227. The van der Waals surface area contributed by atoms with Gasteiger partial charge < -0.3 is 9.64 Å². The summed E-state index contributed by atoms with van der Waals surface area (Å²) in [5, 5.41) is 2.50. The molecular formula is C16H14N2O3S. The van der Waals surface area contributed by atoms with E-state index in [1.807, 2.05) is 23.6 Å². The maximum atomic E-state index is 12.6. The van der Waals surface area contributed by atoms with Crippen molar-refractivity contribution < 1.29 is 14.3 Å². The molecule has 1 saturated heterocycles. The first-order valence-electron chi connectivity index (χ1n) is 7.19. The van der Waals surface area contributed by atoms with E-state index in [-0.39, 0.29) is 30.1 Å². The number of rotatable bonds is 3. The standard InChI is InChI=1S/C16H14N2O3S/c19-14-7-13(11-3-1-2-4-12(11)14)15(20)18-8-10(9-18)21-16-17-5-6-22-16/h1-6,10,13H,7-9H2. The highest BCUT2D eigenvalue weighted by molar-refractivity contribution is 7.11. The van der Waals surface area contributed by atoms with Gasteiger partial charge in [-0.3, -0.25) is 9.59 Å². The number of thiazole rings is 1. The van der Waals surface area contributed by atoms with Gasteiger partial charge in [0.05, 0.1) is 19.0 Å². The van der Waals surface area contributed by atoms with Gasteiger partial charge in [0.25, 0.3) is 5.19 Å². The zero-order chi connectivity index (χ0) is 15.1. The molecule has 2 aromatic rings. The van der Waals surface area contributed by atoms with Gasteiger partial charge in [0, 0.05) is 23.6 Å². The molecule has 1 aliphatic heterocycles. The molecule has 1 aromatic carbocycles. The molecule has 22 heavy (non-hydrogen) atoms. The van der Waals surface area contributed by atoms with Crippen molar-refractivity contribution in [2.45, 2.75) is 18.4 Å². The monoisotopic (exact) mass is 314 g/mol. The van der Waals surface area contributed by atoms with Crippen molar-refractivity contribution in [3.05, 3.63) is 47.0 Å². The molecule has 0 radical (unpaired) electrons. The molecule has 1 fully saturated rings. The van der Waals surface area contributed by atoms with Gasteiger partial charge in [-0.05, 0) is 5.56 Å². The molecule has 1 aliphatic carbocycles. The Balaban J connectivity index is 1.41. The third-order valence-corrected chi connectivity index (χ3v) is 4.82. The summed E-state index contributed by atoms with van der Waals surface area (Å²) in [6.45, 7) is 1.12. The number of hydrogen-bond acceptors (Lipinski definition) is 5. The summed E-state index contributed by atoms with van der Waals surface area (Å²) in [4.78, 5) is 30.4. The van der Waals surface area contributed by atoms with Gasteiger partial charge in [0.1, 0.15) is 6.10 Å². The van der Waals surface area contributed by atoms with Crippen LogP contribution in [-0.4, -0.2) is 40.8 Å². The average molecular weight is 314 g/mol. The number of ketones is 1. The first-order chi connectivity index (χ1) is 10.7. The lowest BCUT2D eigenvalue weighted by atomic mass is 9.98. The molecule has 1 amide bonds. The van der Waals surface area contributed by atoms with Crippen molar-refractivity contribution in [1.29, 1.82) is 0 Å². The van der Waals surface area contributed by atoms with Crippen LogP contribution in [0.5, 0.6) is 5.19 Å². The largest absolute Gasteiger partial charge is 0.463 e. The predicted octanol–water partition coefficient (Wildman–Crippen LogP) is 2.10. The predicted molar refractivity (Wildman–Crippen MR) is 81.2 cm³/mol. The number of ether oxygens (including phenoxy) is 1. The molecule has 5 nitrogen and oxygen atoms in total. The summed E-state index contributed by atoms with van der Waals surface area (Å²) in [6.07, 6.45) is 1.98. The third-order valence-electron chi connectivity index (χ3n) is 4.16. The molecule has 0 N–H and O–H groups in total. The Morgan fingerprint density at radius 2 is 2.14 bits per heavy atom. The first-order valence-corrected chi connectivity index (χ1v) is 8.07. The minimum atomic E-state index is -0.329. The van der Waals surface area contributed by atoms with E-state index in [9.17, 15) is 9.59 Å². The summed E-state index contributed by atoms with van der Waals surface area (Å²) in [6, 6.07) is 7.40. The Labute approximate surface area is 131 Å². The highest BCUT2D eigenvalue weighted by Crippen LogP contribution is 2.35. The molecule has 1 unspecified atom stereocenters. The molecule has 0 saturated carbocycles. The summed E-state index contributed by atoms with van der Waals surface area (Å²) in [5.41, 5.74) is 1.55. The zero-order valence-corrected chi connectivity index (χ0v) is 12.6. The fraction of sp³-hybridized carbons (Fsp3) is 0.312. The van der Waals surface area contributed by atoms with E-state index in [1.54, 1.807) is 17.2 Å². The molecule has 1 aromatic heterocycles. The topological polar surface area (TPSA) is 59.5 Å².